The van der Waals surface area contributed by atoms with Gasteiger partial charge in [-0.2, -0.15) is 0 Å². The monoisotopic (exact) mass is 190 g/mol. The predicted molar refractivity (Wildman–Crippen MR) is 53.9 cm³/mol. The van der Waals surface area contributed by atoms with E-state index in [9.17, 15) is 4.79 Å². The van der Waals surface area contributed by atoms with Crippen LogP contribution in [0.3, 0.4) is 0 Å². The maximum Gasteiger partial charge on any atom is 0.303 e. The smallest absolute Gasteiger partial charge is 0.303 e. The highest BCUT2D eigenvalue weighted by atomic mass is 16.5. The molecule has 0 atom stereocenters. The van der Waals surface area contributed by atoms with E-state index in [4.69, 9.17) is 9.84 Å². The van der Waals surface area contributed by atoms with Crippen LogP contribution in [0, 0.1) is 0 Å². The van der Waals surface area contributed by atoms with Crippen LogP contribution >= 0.6 is 0 Å². The Kier molecular flexibility index (Phi) is 16.1. The van der Waals surface area contributed by atoms with Crippen LogP contribution in [0.15, 0.2) is 0 Å². The number of carbonyl (C=O) groups is 1. The SMILES string of the molecule is CCCCCC(=O)O.CCOCC. The molecule has 0 aliphatic heterocycles. The van der Waals surface area contributed by atoms with Crippen LogP contribution in [-0.4, -0.2) is 24.3 Å². The van der Waals surface area contributed by atoms with Gasteiger partial charge in [-0.15, -0.1) is 0 Å². The first kappa shape index (κ1) is 14.9. The molecule has 3 heteroatoms. The van der Waals surface area contributed by atoms with Crippen molar-refractivity contribution in [3.05, 3.63) is 0 Å². The standard InChI is InChI=1S/C6H12O2.C4H10O/c1-2-3-4-5-6(7)8;1-3-5-4-2/h2-5H2,1H3,(H,7,8);3-4H2,1-2H3. The molecule has 0 spiro atoms. The van der Waals surface area contributed by atoms with E-state index in [1.54, 1.807) is 0 Å². The van der Waals surface area contributed by atoms with Gasteiger partial charge >= 0.3 is 5.97 Å². The molecular weight excluding hydrogens is 168 g/mol. The second-order valence-corrected chi connectivity index (χ2v) is 2.63. The van der Waals surface area contributed by atoms with Gasteiger partial charge in [0.15, 0.2) is 0 Å². The fourth-order valence-corrected chi connectivity index (χ4v) is 0.730. The van der Waals surface area contributed by atoms with E-state index in [0.29, 0.717) is 6.42 Å². The van der Waals surface area contributed by atoms with Gasteiger partial charge in [0, 0.05) is 19.6 Å². The molecule has 0 aliphatic carbocycles. The van der Waals surface area contributed by atoms with Crippen LogP contribution in [0.2, 0.25) is 0 Å². The summed E-state index contributed by atoms with van der Waals surface area (Å²) in [6, 6.07) is 0. The van der Waals surface area contributed by atoms with E-state index in [-0.39, 0.29) is 0 Å². The molecule has 0 unspecified atom stereocenters. The molecule has 3 nitrogen and oxygen atoms in total. The quantitative estimate of drug-likeness (QED) is 0.655. The highest BCUT2D eigenvalue weighted by Gasteiger charge is 1.92. The summed E-state index contributed by atoms with van der Waals surface area (Å²) >= 11 is 0. The van der Waals surface area contributed by atoms with E-state index in [0.717, 1.165) is 32.5 Å². The number of hydrogen-bond acceptors (Lipinski definition) is 2. The first-order chi connectivity index (χ1) is 6.18. The highest BCUT2D eigenvalue weighted by Crippen LogP contribution is 1.97. The molecule has 0 aromatic heterocycles. The third-order valence-corrected chi connectivity index (χ3v) is 1.40. The van der Waals surface area contributed by atoms with Gasteiger partial charge in [-0.1, -0.05) is 19.8 Å². The Balaban J connectivity index is 0. The van der Waals surface area contributed by atoms with E-state index in [1.165, 1.54) is 0 Å². The van der Waals surface area contributed by atoms with Crippen LogP contribution in [0.25, 0.3) is 0 Å². The lowest BCUT2D eigenvalue weighted by atomic mass is 10.2. The zero-order chi connectivity index (χ0) is 10.5. The molecule has 0 saturated heterocycles. The summed E-state index contributed by atoms with van der Waals surface area (Å²) in [7, 11) is 0. The Bertz CT molecular complexity index is 100. The molecule has 0 aromatic carbocycles. The van der Waals surface area contributed by atoms with Crippen molar-refractivity contribution in [2.24, 2.45) is 0 Å². The van der Waals surface area contributed by atoms with Gasteiger partial charge in [0.25, 0.3) is 0 Å². The number of ether oxygens (including phenoxy) is 1. The van der Waals surface area contributed by atoms with Crippen molar-refractivity contribution < 1.29 is 14.6 Å². The van der Waals surface area contributed by atoms with Crippen molar-refractivity contribution in [1.29, 1.82) is 0 Å². The Morgan fingerprint density at radius 3 is 1.92 bits per heavy atom. The normalized spacial score (nSPS) is 8.85. The number of aliphatic carboxylic acids is 1. The lowest BCUT2D eigenvalue weighted by molar-refractivity contribution is -0.137. The molecule has 80 valence electrons. The van der Waals surface area contributed by atoms with Gasteiger partial charge in [-0.3, -0.25) is 4.79 Å². The minimum atomic E-state index is -0.682. The van der Waals surface area contributed by atoms with Gasteiger partial charge in [0.05, 0.1) is 0 Å². The van der Waals surface area contributed by atoms with Crippen LogP contribution in [-0.2, 0) is 9.53 Å². The lowest BCUT2D eigenvalue weighted by Gasteiger charge is -1.89. The fourth-order valence-electron chi connectivity index (χ4n) is 0.730. The van der Waals surface area contributed by atoms with E-state index >= 15 is 0 Å². The molecule has 1 N–H and O–H groups in total. The van der Waals surface area contributed by atoms with Crippen molar-refractivity contribution in [1.82, 2.24) is 0 Å². The maximum absolute atomic E-state index is 9.87. The van der Waals surface area contributed by atoms with Gasteiger partial charge in [0.2, 0.25) is 0 Å². The van der Waals surface area contributed by atoms with E-state index in [2.05, 4.69) is 6.92 Å². The Morgan fingerprint density at radius 2 is 1.69 bits per heavy atom. The average Bonchev–Trinajstić information content (AvgIpc) is 2.07. The number of hydrogen-bond donors (Lipinski definition) is 1. The van der Waals surface area contributed by atoms with E-state index < -0.39 is 5.97 Å². The summed E-state index contributed by atoms with van der Waals surface area (Å²) in [6.45, 7) is 7.72. The first-order valence-corrected chi connectivity index (χ1v) is 4.98. The number of carboxylic acids is 1. The Labute approximate surface area is 81.1 Å². The zero-order valence-corrected chi connectivity index (χ0v) is 9.01. The minimum absolute atomic E-state index is 0.327. The minimum Gasteiger partial charge on any atom is -0.481 e. The lowest BCUT2D eigenvalue weighted by Crippen LogP contribution is -1.92. The third-order valence-electron chi connectivity index (χ3n) is 1.40. The van der Waals surface area contributed by atoms with Crippen LogP contribution < -0.4 is 0 Å². The van der Waals surface area contributed by atoms with Crippen molar-refractivity contribution in [2.75, 3.05) is 13.2 Å². The Morgan fingerprint density at radius 1 is 1.15 bits per heavy atom. The molecule has 0 rings (SSSR count). The molecule has 0 aliphatic rings. The van der Waals surface area contributed by atoms with Crippen molar-refractivity contribution in [3.63, 3.8) is 0 Å². The molecule has 0 heterocycles. The topological polar surface area (TPSA) is 46.5 Å². The zero-order valence-electron chi connectivity index (χ0n) is 9.01. The summed E-state index contributed by atoms with van der Waals surface area (Å²) in [4.78, 5) is 9.87. The summed E-state index contributed by atoms with van der Waals surface area (Å²) < 4.78 is 4.83. The van der Waals surface area contributed by atoms with Crippen LogP contribution in [0.4, 0.5) is 0 Å². The molecule has 0 amide bonds. The van der Waals surface area contributed by atoms with Crippen LogP contribution in [0.1, 0.15) is 46.5 Å². The third kappa shape index (κ3) is 24.6. The second-order valence-electron chi connectivity index (χ2n) is 2.63. The summed E-state index contributed by atoms with van der Waals surface area (Å²) in [5.74, 6) is -0.682. The maximum atomic E-state index is 9.87. The molecular formula is C10H22O3. The van der Waals surface area contributed by atoms with Gasteiger partial charge in [-0.05, 0) is 20.3 Å². The first-order valence-electron chi connectivity index (χ1n) is 4.98. The highest BCUT2D eigenvalue weighted by molar-refractivity contribution is 5.66. The molecule has 0 saturated carbocycles. The second kappa shape index (κ2) is 14.0. The van der Waals surface area contributed by atoms with Gasteiger partial charge < -0.3 is 9.84 Å². The van der Waals surface area contributed by atoms with Gasteiger partial charge in [0.1, 0.15) is 0 Å². The van der Waals surface area contributed by atoms with Gasteiger partial charge in [-0.25, -0.2) is 0 Å². The Hall–Kier alpha value is -0.570. The molecule has 0 bridgehead atoms. The number of carboxylic acid groups (broad SMARTS) is 1. The molecule has 0 aromatic rings. The number of rotatable bonds is 6. The average molecular weight is 190 g/mol. The molecule has 0 radical (unpaired) electrons. The summed E-state index contributed by atoms with van der Waals surface area (Å²) in [6.07, 6.45) is 3.28. The predicted octanol–water partition coefficient (Wildman–Crippen LogP) is 2.69. The molecule has 0 fully saturated rings. The van der Waals surface area contributed by atoms with Crippen LogP contribution in [0.5, 0.6) is 0 Å². The van der Waals surface area contributed by atoms with Crippen molar-refractivity contribution in [2.45, 2.75) is 46.5 Å². The number of unbranched alkanes of at least 4 members (excludes halogenated alkanes) is 2. The molecule has 13 heavy (non-hydrogen) atoms. The van der Waals surface area contributed by atoms with Crippen molar-refractivity contribution >= 4 is 5.97 Å². The summed E-state index contributed by atoms with van der Waals surface area (Å²) in [5, 5.41) is 8.14. The van der Waals surface area contributed by atoms with Crippen molar-refractivity contribution in [3.8, 4) is 0 Å². The fraction of sp³-hybridized carbons (Fsp3) is 0.900. The van der Waals surface area contributed by atoms with E-state index in [1.807, 2.05) is 13.8 Å². The largest absolute Gasteiger partial charge is 0.481 e. The summed E-state index contributed by atoms with van der Waals surface area (Å²) in [5.41, 5.74) is 0.